The lowest BCUT2D eigenvalue weighted by molar-refractivity contribution is -0.385. The first-order valence-electron chi connectivity index (χ1n) is 8.87. The Balaban J connectivity index is 1.56. The van der Waals surface area contributed by atoms with Gasteiger partial charge in [-0.3, -0.25) is 25.0 Å². The van der Waals surface area contributed by atoms with Crippen molar-refractivity contribution in [2.24, 2.45) is 0 Å². The van der Waals surface area contributed by atoms with Gasteiger partial charge in [0.05, 0.1) is 12.0 Å². The van der Waals surface area contributed by atoms with E-state index in [1.54, 1.807) is 24.3 Å². The lowest BCUT2D eigenvalue weighted by Crippen LogP contribution is -2.25. The van der Waals surface area contributed by atoms with Crippen LogP contribution in [-0.4, -0.2) is 40.6 Å². The van der Waals surface area contributed by atoms with Gasteiger partial charge < -0.3 is 10.1 Å². The number of halogens is 1. The predicted molar refractivity (Wildman–Crippen MR) is 115 cm³/mol. The Bertz CT molecular complexity index is 1140. The number of amides is 2. The molecule has 2 amide bonds. The van der Waals surface area contributed by atoms with Crippen LogP contribution in [-0.2, 0) is 6.42 Å². The van der Waals surface area contributed by atoms with Gasteiger partial charge in [0.15, 0.2) is 0 Å². The van der Waals surface area contributed by atoms with Crippen LogP contribution < -0.4 is 15.4 Å². The quantitative estimate of drug-likeness (QED) is 0.387. The summed E-state index contributed by atoms with van der Waals surface area (Å²) in [7, 11) is 1.52. The minimum Gasteiger partial charge on any atom is -0.497 e. The molecule has 1 heterocycles. The molecule has 0 fully saturated rings. The summed E-state index contributed by atoms with van der Waals surface area (Å²) in [6.45, 7) is 0.307. The number of nitro benzene ring substituents is 1. The number of rotatable bonds is 8. The molecule has 1 aromatic heterocycles. The Morgan fingerprint density at radius 3 is 2.74 bits per heavy atom. The first-order chi connectivity index (χ1) is 14.9. The molecule has 0 aliphatic carbocycles. The Morgan fingerprint density at radius 2 is 2.00 bits per heavy atom. The Hall–Kier alpha value is -3.57. The molecule has 0 saturated carbocycles. The Kier molecular flexibility index (Phi) is 7.11. The van der Waals surface area contributed by atoms with Crippen LogP contribution in [0.4, 0.5) is 10.8 Å². The summed E-state index contributed by atoms with van der Waals surface area (Å²) >= 11 is 6.87. The smallest absolute Gasteiger partial charge is 0.283 e. The van der Waals surface area contributed by atoms with Crippen molar-refractivity contribution in [2.45, 2.75) is 6.42 Å². The summed E-state index contributed by atoms with van der Waals surface area (Å²) in [5.74, 6) is -0.373. The van der Waals surface area contributed by atoms with Gasteiger partial charge in [-0.1, -0.05) is 29.0 Å². The average molecular weight is 462 g/mol. The van der Waals surface area contributed by atoms with E-state index >= 15 is 0 Å². The molecule has 3 aromatic rings. The largest absolute Gasteiger partial charge is 0.497 e. The summed E-state index contributed by atoms with van der Waals surface area (Å²) in [4.78, 5) is 35.0. The summed E-state index contributed by atoms with van der Waals surface area (Å²) in [5, 5.41) is 25.1. The van der Waals surface area contributed by atoms with Gasteiger partial charge in [0.1, 0.15) is 16.3 Å². The third kappa shape index (κ3) is 5.74. The molecule has 2 aromatic carbocycles. The summed E-state index contributed by atoms with van der Waals surface area (Å²) in [5.41, 5.74) is -0.0826. The van der Waals surface area contributed by atoms with E-state index in [1.165, 1.54) is 19.2 Å². The number of nitrogens with zero attached hydrogens (tertiary/aromatic N) is 3. The highest BCUT2D eigenvalue weighted by atomic mass is 35.5. The van der Waals surface area contributed by atoms with Crippen LogP contribution in [0.15, 0.2) is 42.5 Å². The summed E-state index contributed by atoms with van der Waals surface area (Å²) < 4.78 is 5.10. The molecular formula is C19H16ClN5O5S. The Labute approximate surface area is 185 Å². The number of hydrogen-bond donors (Lipinski definition) is 2. The second-order valence-corrected chi connectivity index (χ2v) is 7.61. The SMILES string of the molecule is COc1cccc(C(=O)NCCc2nnc(NC(=O)c3ccc(Cl)cc3[N+](=O)[O-])s2)c1. The number of nitro groups is 1. The zero-order valence-corrected chi connectivity index (χ0v) is 17.7. The molecule has 3 rings (SSSR count). The molecule has 0 bridgehead atoms. The van der Waals surface area contributed by atoms with Crippen molar-refractivity contribution in [2.75, 3.05) is 19.0 Å². The van der Waals surface area contributed by atoms with Crippen molar-refractivity contribution in [3.05, 3.63) is 73.7 Å². The molecule has 0 spiro atoms. The third-order valence-electron chi connectivity index (χ3n) is 4.04. The van der Waals surface area contributed by atoms with Crippen molar-refractivity contribution in [1.82, 2.24) is 15.5 Å². The van der Waals surface area contributed by atoms with E-state index in [9.17, 15) is 19.7 Å². The van der Waals surface area contributed by atoms with E-state index in [-0.39, 0.29) is 21.6 Å². The number of methoxy groups -OCH3 is 1. The van der Waals surface area contributed by atoms with Gasteiger partial charge in [0.25, 0.3) is 17.5 Å². The fourth-order valence-corrected chi connectivity index (χ4v) is 3.47. The van der Waals surface area contributed by atoms with Crippen molar-refractivity contribution in [3.8, 4) is 5.75 Å². The van der Waals surface area contributed by atoms with Crippen LogP contribution in [0, 0.1) is 10.1 Å². The summed E-state index contributed by atoms with van der Waals surface area (Å²) in [6, 6.07) is 10.5. The molecule has 0 atom stereocenters. The van der Waals surface area contributed by atoms with Crippen LogP contribution in [0.2, 0.25) is 5.02 Å². The van der Waals surface area contributed by atoms with E-state index < -0.39 is 16.5 Å². The number of carbonyl (C=O) groups is 2. The van der Waals surface area contributed by atoms with E-state index in [2.05, 4.69) is 20.8 Å². The van der Waals surface area contributed by atoms with E-state index in [0.29, 0.717) is 29.3 Å². The van der Waals surface area contributed by atoms with E-state index in [4.69, 9.17) is 16.3 Å². The Morgan fingerprint density at radius 1 is 1.19 bits per heavy atom. The molecule has 0 aliphatic rings. The summed E-state index contributed by atoms with van der Waals surface area (Å²) in [6.07, 6.45) is 0.393. The molecule has 0 saturated heterocycles. The zero-order valence-electron chi connectivity index (χ0n) is 16.1. The van der Waals surface area contributed by atoms with Crippen molar-refractivity contribution in [3.63, 3.8) is 0 Å². The molecule has 10 nitrogen and oxygen atoms in total. The third-order valence-corrected chi connectivity index (χ3v) is 5.18. The number of carbonyl (C=O) groups excluding carboxylic acids is 2. The van der Waals surface area contributed by atoms with Gasteiger partial charge >= 0.3 is 0 Å². The number of nitrogens with one attached hydrogen (secondary N) is 2. The predicted octanol–water partition coefficient (Wildman–Crippen LogP) is 3.33. The average Bonchev–Trinajstić information content (AvgIpc) is 3.20. The van der Waals surface area contributed by atoms with Gasteiger partial charge in [0.2, 0.25) is 5.13 Å². The minimum absolute atomic E-state index is 0.142. The van der Waals surface area contributed by atoms with Crippen LogP contribution in [0.1, 0.15) is 25.7 Å². The van der Waals surface area contributed by atoms with Crippen LogP contribution in [0.5, 0.6) is 5.75 Å². The molecule has 2 N–H and O–H groups in total. The molecule has 0 aliphatic heterocycles. The fraction of sp³-hybridized carbons (Fsp3) is 0.158. The highest BCUT2D eigenvalue weighted by Crippen LogP contribution is 2.25. The van der Waals surface area contributed by atoms with Gasteiger partial charge in [-0.15, -0.1) is 10.2 Å². The topological polar surface area (TPSA) is 136 Å². The van der Waals surface area contributed by atoms with E-state index in [0.717, 1.165) is 17.4 Å². The lowest BCUT2D eigenvalue weighted by Gasteiger charge is -2.05. The van der Waals surface area contributed by atoms with Crippen LogP contribution >= 0.6 is 22.9 Å². The first kappa shape index (κ1) is 22.1. The molecule has 0 radical (unpaired) electrons. The second-order valence-electron chi connectivity index (χ2n) is 6.11. The second kappa shape index (κ2) is 9.96. The lowest BCUT2D eigenvalue weighted by atomic mass is 10.1. The maximum atomic E-state index is 12.4. The molecule has 0 unspecified atom stereocenters. The van der Waals surface area contributed by atoms with Crippen LogP contribution in [0.25, 0.3) is 0 Å². The van der Waals surface area contributed by atoms with E-state index in [1.807, 2.05) is 0 Å². The van der Waals surface area contributed by atoms with Gasteiger partial charge in [-0.25, -0.2) is 0 Å². The fourth-order valence-electron chi connectivity index (χ4n) is 2.57. The van der Waals surface area contributed by atoms with Crippen molar-refractivity contribution in [1.29, 1.82) is 0 Å². The maximum absolute atomic E-state index is 12.4. The number of aromatic nitrogens is 2. The zero-order chi connectivity index (χ0) is 22.4. The van der Waals surface area contributed by atoms with Crippen molar-refractivity contribution >= 4 is 45.6 Å². The maximum Gasteiger partial charge on any atom is 0.283 e. The number of benzene rings is 2. The molecule has 31 heavy (non-hydrogen) atoms. The first-order valence-corrected chi connectivity index (χ1v) is 10.1. The molecular weight excluding hydrogens is 446 g/mol. The highest BCUT2D eigenvalue weighted by Gasteiger charge is 2.21. The molecule has 12 heteroatoms. The monoisotopic (exact) mass is 461 g/mol. The minimum atomic E-state index is -0.697. The van der Waals surface area contributed by atoms with Crippen molar-refractivity contribution < 1.29 is 19.2 Å². The van der Waals surface area contributed by atoms with Crippen LogP contribution in [0.3, 0.4) is 0 Å². The molecule has 160 valence electrons. The van der Waals surface area contributed by atoms with Gasteiger partial charge in [0, 0.05) is 29.6 Å². The standard InChI is InChI=1S/C19H16ClN5O5S/c1-30-13-4-2-3-11(9-13)17(26)21-8-7-16-23-24-19(31-16)22-18(27)14-6-5-12(20)10-15(14)25(28)29/h2-6,9-10H,7-8H2,1H3,(H,21,26)(H,22,24,27). The number of ether oxygens (including phenoxy) is 1. The number of anilines is 1. The number of hydrogen-bond acceptors (Lipinski definition) is 8. The normalized spacial score (nSPS) is 10.4. The highest BCUT2D eigenvalue weighted by molar-refractivity contribution is 7.15. The van der Waals surface area contributed by atoms with Gasteiger partial charge in [-0.05, 0) is 30.3 Å². The van der Waals surface area contributed by atoms with Gasteiger partial charge in [-0.2, -0.15) is 0 Å².